The van der Waals surface area contributed by atoms with Crippen LogP contribution in [0.25, 0.3) is 0 Å². The third-order valence-electron chi connectivity index (χ3n) is 3.43. The molecule has 0 saturated carbocycles. The Morgan fingerprint density at radius 2 is 2.14 bits per heavy atom. The molecule has 0 aliphatic rings. The topological polar surface area (TPSA) is 39.1 Å². The number of rotatable bonds is 7. The fourth-order valence-corrected chi connectivity index (χ4v) is 3.39. The van der Waals surface area contributed by atoms with E-state index in [0.29, 0.717) is 6.04 Å². The number of nitrogens with one attached hydrogen (secondary N) is 1. The van der Waals surface area contributed by atoms with Gasteiger partial charge < -0.3 is 10.1 Å². The fraction of sp³-hybridized carbons (Fsp3) is 0.562. The molecule has 116 valence electrons. The quantitative estimate of drug-likeness (QED) is 0.842. The summed E-state index contributed by atoms with van der Waals surface area (Å²) in [6.45, 7) is 9.58. The number of ether oxygens (including phenoxy) is 1. The molecule has 0 fully saturated rings. The zero-order valence-electron chi connectivity index (χ0n) is 13.5. The number of hydrogen-bond donors (Lipinski definition) is 1. The summed E-state index contributed by atoms with van der Waals surface area (Å²) in [5.41, 5.74) is 1.11. The average molecular weight is 307 g/mol. The molecular formula is C16H25N3OS. The molecule has 1 atom stereocenters. The van der Waals surface area contributed by atoms with E-state index in [9.17, 15) is 0 Å². The second kappa shape index (κ2) is 7.09. The highest BCUT2D eigenvalue weighted by molar-refractivity contribution is 7.12. The van der Waals surface area contributed by atoms with Crippen LogP contribution in [0.3, 0.4) is 0 Å². The molecule has 0 amide bonds. The van der Waals surface area contributed by atoms with E-state index in [1.165, 1.54) is 9.75 Å². The van der Waals surface area contributed by atoms with Crippen molar-refractivity contribution in [3.8, 4) is 5.75 Å². The zero-order valence-corrected chi connectivity index (χ0v) is 14.3. The fourth-order valence-electron chi connectivity index (χ4n) is 2.43. The SMILES string of the molecule is CCCNC(c1ccc(C)s1)c1c(OC)cnn1C(C)C. The predicted octanol–water partition coefficient (Wildman–Crippen LogP) is 3.93. The van der Waals surface area contributed by atoms with Gasteiger partial charge in [-0.25, -0.2) is 0 Å². The molecule has 1 unspecified atom stereocenters. The standard InChI is InChI=1S/C16H25N3OS/c1-6-9-17-15(14-8-7-12(4)21-14)16-13(20-5)10-18-19(16)11(2)3/h7-8,10-11,15,17H,6,9H2,1-5H3. The monoisotopic (exact) mass is 307 g/mol. The lowest BCUT2D eigenvalue weighted by Gasteiger charge is -2.21. The maximum Gasteiger partial charge on any atom is 0.161 e. The van der Waals surface area contributed by atoms with Crippen molar-refractivity contribution >= 4 is 11.3 Å². The normalized spacial score (nSPS) is 12.9. The highest BCUT2D eigenvalue weighted by Crippen LogP contribution is 2.34. The van der Waals surface area contributed by atoms with Gasteiger partial charge in [-0.05, 0) is 45.9 Å². The van der Waals surface area contributed by atoms with Crippen molar-refractivity contribution in [2.75, 3.05) is 13.7 Å². The van der Waals surface area contributed by atoms with Crippen LogP contribution < -0.4 is 10.1 Å². The molecule has 4 nitrogen and oxygen atoms in total. The summed E-state index contributed by atoms with van der Waals surface area (Å²) in [4.78, 5) is 2.63. The van der Waals surface area contributed by atoms with Crippen molar-refractivity contribution < 1.29 is 4.74 Å². The van der Waals surface area contributed by atoms with Gasteiger partial charge in [0.1, 0.15) is 5.69 Å². The third-order valence-corrected chi connectivity index (χ3v) is 4.49. The summed E-state index contributed by atoms with van der Waals surface area (Å²) in [6.07, 6.45) is 2.91. The molecule has 0 saturated heterocycles. The molecule has 0 spiro atoms. The Bertz CT molecular complexity index is 574. The van der Waals surface area contributed by atoms with Crippen LogP contribution in [0.5, 0.6) is 5.75 Å². The van der Waals surface area contributed by atoms with Gasteiger partial charge in [0.05, 0.1) is 19.3 Å². The van der Waals surface area contributed by atoms with Crippen molar-refractivity contribution in [2.45, 2.75) is 46.2 Å². The summed E-state index contributed by atoms with van der Waals surface area (Å²) >= 11 is 1.82. The van der Waals surface area contributed by atoms with Gasteiger partial charge >= 0.3 is 0 Å². The van der Waals surface area contributed by atoms with E-state index in [1.54, 1.807) is 7.11 Å². The average Bonchev–Trinajstić information content (AvgIpc) is 3.06. The van der Waals surface area contributed by atoms with Gasteiger partial charge in [-0.1, -0.05) is 6.92 Å². The summed E-state index contributed by atoms with van der Waals surface area (Å²) in [6, 6.07) is 4.80. The van der Waals surface area contributed by atoms with Crippen molar-refractivity contribution in [3.63, 3.8) is 0 Å². The van der Waals surface area contributed by atoms with E-state index >= 15 is 0 Å². The smallest absolute Gasteiger partial charge is 0.161 e. The van der Waals surface area contributed by atoms with Gasteiger partial charge in [0, 0.05) is 15.8 Å². The molecule has 2 aromatic rings. The largest absolute Gasteiger partial charge is 0.493 e. The minimum absolute atomic E-state index is 0.128. The lowest BCUT2D eigenvalue weighted by atomic mass is 10.1. The van der Waals surface area contributed by atoms with Crippen LogP contribution in [0.15, 0.2) is 18.3 Å². The van der Waals surface area contributed by atoms with Crippen LogP contribution in [0, 0.1) is 6.92 Å². The summed E-state index contributed by atoms with van der Waals surface area (Å²) in [5, 5.41) is 8.15. The molecule has 0 aromatic carbocycles. The first-order valence-corrected chi connectivity index (χ1v) is 8.31. The second-order valence-electron chi connectivity index (χ2n) is 5.47. The molecule has 5 heteroatoms. The Balaban J connectivity index is 2.47. The van der Waals surface area contributed by atoms with E-state index in [1.807, 2.05) is 17.5 Å². The van der Waals surface area contributed by atoms with Crippen molar-refractivity contribution in [1.82, 2.24) is 15.1 Å². The molecule has 0 radical (unpaired) electrons. The Morgan fingerprint density at radius 3 is 2.67 bits per heavy atom. The Labute approximate surface area is 131 Å². The third kappa shape index (κ3) is 3.47. The minimum Gasteiger partial charge on any atom is -0.493 e. The summed E-state index contributed by atoms with van der Waals surface area (Å²) < 4.78 is 7.60. The van der Waals surface area contributed by atoms with E-state index < -0.39 is 0 Å². The number of aryl methyl sites for hydroxylation is 1. The molecule has 2 rings (SSSR count). The Kier molecular flexibility index (Phi) is 5.42. The van der Waals surface area contributed by atoms with E-state index in [4.69, 9.17) is 4.74 Å². The van der Waals surface area contributed by atoms with Crippen LogP contribution in [0.1, 0.15) is 54.7 Å². The summed E-state index contributed by atoms with van der Waals surface area (Å²) in [7, 11) is 1.71. The second-order valence-corrected chi connectivity index (χ2v) is 6.79. The van der Waals surface area contributed by atoms with E-state index in [0.717, 1.165) is 24.4 Å². The molecule has 0 aliphatic carbocycles. The number of nitrogens with zero attached hydrogens (tertiary/aromatic N) is 2. The van der Waals surface area contributed by atoms with E-state index in [2.05, 4.69) is 54.9 Å². The van der Waals surface area contributed by atoms with Gasteiger partial charge in [-0.3, -0.25) is 4.68 Å². The van der Waals surface area contributed by atoms with Gasteiger partial charge in [-0.2, -0.15) is 5.10 Å². The first kappa shape index (κ1) is 16.0. The van der Waals surface area contributed by atoms with Crippen molar-refractivity contribution in [3.05, 3.63) is 33.8 Å². The lowest BCUT2D eigenvalue weighted by Crippen LogP contribution is -2.26. The van der Waals surface area contributed by atoms with Crippen molar-refractivity contribution in [2.24, 2.45) is 0 Å². The maximum atomic E-state index is 5.55. The van der Waals surface area contributed by atoms with Crippen LogP contribution in [-0.2, 0) is 0 Å². The highest BCUT2D eigenvalue weighted by atomic mass is 32.1. The van der Waals surface area contributed by atoms with Gasteiger partial charge in [0.15, 0.2) is 5.75 Å². The van der Waals surface area contributed by atoms with Gasteiger partial charge in [0.2, 0.25) is 0 Å². The molecule has 0 bridgehead atoms. The van der Waals surface area contributed by atoms with Gasteiger partial charge in [-0.15, -0.1) is 11.3 Å². The first-order chi connectivity index (χ1) is 10.1. The van der Waals surface area contributed by atoms with E-state index in [-0.39, 0.29) is 6.04 Å². The Hall–Kier alpha value is -1.33. The molecule has 0 aliphatic heterocycles. The zero-order chi connectivity index (χ0) is 15.4. The predicted molar refractivity (Wildman–Crippen MR) is 88.4 cm³/mol. The maximum absolute atomic E-state index is 5.55. The minimum atomic E-state index is 0.128. The first-order valence-electron chi connectivity index (χ1n) is 7.49. The number of methoxy groups -OCH3 is 1. The lowest BCUT2D eigenvalue weighted by molar-refractivity contribution is 0.394. The summed E-state index contributed by atoms with van der Waals surface area (Å²) in [5.74, 6) is 0.850. The molecular weight excluding hydrogens is 282 g/mol. The molecule has 1 N–H and O–H groups in total. The Morgan fingerprint density at radius 1 is 1.38 bits per heavy atom. The number of hydrogen-bond acceptors (Lipinski definition) is 4. The van der Waals surface area contributed by atoms with Crippen LogP contribution in [0.4, 0.5) is 0 Å². The number of thiophene rings is 1. The van der Waals surface area contributed by atoms with Gasteiger partial charge in [0.25, 0.3) is 0 Å². The van der Waals surface area contributed by atoms with Crippen LogP contribution in [-0.4, -0.2) is 23.4 Å². The van der Waals surface area contributed by atoms with Crippen LogP contribution >= 0.6 is 11.3 Å². The molecule has 21 heavy (non-hydrogen) atoms. The number of aromatic nitrogens is 2. The highest BCUT2D eigenvalue weighted by Gasteiger charge is 2.25. The molecule has 2 aromatic heterocycles. The van der Waals surface area contributed by atoms with Crippen LogP contribution in [0.2, 0.25) is 0 Å². The van der Waals surface area contributed by atoms with Crippen molar-refractivity contribution in [1.29, 1.82) is 0 Å². The molecule has 2 heterocycles.